The van der Waals surface area contributed by atoms with Gasteiger partial charge in [-0.2, -0.15) is 10.4 Å². The van der Waals surface area contributed by atoms with Gasteiger partial charge in [-0.3, -0.25) is 19.6 Å². The molecule has 9 heteroatoms. The predicted octanol–water partition coefficient (Wildman–Crippen LogP) is 2.55. The molecule has 8 nitrogen and oxygen atoms in total. The van der Waals surface area contributed by atoms with E-state index in [2.05, 4.69) is 16.5 Å². The van der Waals surface area contributed by atoms with Gasteiger partial charge in [-0.25, -0.2) is 0 Å². The van der Waals surface area contributed by atoms with E-state index in [-0.39, 0.29) is 18.1 Å². The maximum Gasteiger partial charge on any atom is 0.309 e. The molecule has 0 aromatic carbocycles. The van der Waals surface area contributed by atoms with Gasteiger partial charge in [-0.15, -0.1) is 11.3 Å². The van der Waals surface area contributed by atoms with E-state index in [1.165, 1.54) is 20.9 Å². The fourth-order valence-corrected chi connectivity index (χ4v) is 4.11. The van der Waals surface area contributed by atoms with Crippen LogP contribution in [0.5, 0.6) is 0 Å². The quantitative estimate of drug-likeness (QED) is 0.675. The average Bonchev–Trinajstić information content (AvgIpc) is 3.07. The number of nitrogens with one attached hydrogen (secondary N) is 1. The highest BCUT2D eigenvalue weighted by Crippen LogP contribution is 2.37. The number of rotatable bonds is 4. The van der Waals surface area contributed by atoms with Crippen LogP contribution in [0.4, 0.5) is 10.7 Å². The summed E-state index contributed by atoms with van der Waals surface area (Å²) in [4.78, 5) is 23.7. The van der Waals surface area contributed by atoms with Gasteiger partial charge in [0, 0.05) is 4.88 Å². The van der Waals surface area contributed by atoms with Crippen molar-refractivity contribution in [1.29, 1.82) is 5.26 Å². The van der Waals surface area contributed by atoms with E-state index in [1.54, 1.807) is 6.92 Å². The highest BCUT2D eigenvalue weighted by Gasteiger charge is 2.23. The van der Waals surface area contributed by atoms with Crippen LogP contribution < -0.4 is 5.32 Å². The number of nitro groups is 1. The number of carbonyl (C=O) groups excluding carboxylic acids is 1. The van der Waals surface area contributed by atoms with Crippen molar-refractivity contribution in [2.45, 2.75) is 39.2 Å². The first-order chi connectivity index (χ1) is 11.5. The minimum Gasteiger partial charge on any atom is -0.315 e. The van der Waals surface area contributed by atoms with Gasteiger partial charge in [0.2, 0.25) is 5.91 Å². The summed E-state index contributed by atoms with van der Waals surface area (Å²) in [5, 5.41) is 27.4. The molecule has 124 valence electrons. The highest BCUT2D eigenvalue weighted by atomic mass is 32.1. The standard InChI is InChI=1S/C15H15N5O3S/c1-9-12(20(22)23)7-17-19(9)8-14(21)18-15-11(6-16)10-4-2-3-5-13(10)24-15/h7H,2-5,8H2,1H3,(H,18,21). The van der Waals surface area contributed by atoms with E-state index in [4.69, 9.17) is 0 Å². The Morgan fingerprint density at radius 3 is 2.96 bits per heavy atom. The number of aryl methyl sites for hydroxylation is 1. The number of amides is 1. The fourth-order valence-electron chi connectivity index (χ4n) is 2.85. The largest absolute Gasteiger partial charge is 0.315 e. The van der Waals surface area contributed by atoms with Crippen LogP contribution in [0.2, 0.25) is 0 Å². The molecule has 1 N–H and O–H groups in total. The molecule has 1 aliphatic carbocycles. The molecule has 0 aliphatic heterocycles. The Kier molecular flexibility index (Phi) is 4.31. The summed E-state index contributed by atoms with van der Waals surface area (Å²) in [6.45, 7) is 1.41. The van der Waals surface area contributed by atoms with Crippen LogP contribution in [-0.2, 0) is 24.2 Å². The van der Waals surface area contributed by atoms with E-state index in [9.17, 15) is 20.2 Å². The van der Waals surface area contributed by atoms with Crippen LogP contribution >= 0.6 is 11.3 Å². The maximum absolute atomic E-state index is 12.2. The van der Waals surface area contributed by atoms with Gasteiger partial charge in [0.25, 0.3) is 0 Å². The van der Waals surface area contributed by atoms with Crippen LogP contribution in [0.3, 0.4) is 0 Å². The lowest BCUT2D eigenvalue weighted by atomic mass is 9.96. The number of aromatic nitrogens is 2. The first kappa shape index (κ1) is 16.1. The first-order valence-corrected chi connectivity index (χ1v) is 8.34. The normalized spacial score (nSPS) is 13.2. The van der Waals surface area contributed by atoms with E-state index in [0.29, 0.717) is 16.3 Å². The molecule has 2 heterocycles. The van der Waals surface area contributed by atoms with E-state index < -0.39 is 4.92 Å². The third-order valence-electron chi connectivity index (χ3n) is 4.10. The summed E-state index contributed by atoms with van der Waals surface area (Å²) in [5.41, 5.74) is 1.80. The first-order valence-electron chi connectivity index (χ1n) is 7.52. The van der Waals surface area contributed by atoms with E-state index in [0.717, 1.165) is 37.4 Å². The number of nitriles is 1. The minimum absolute atomic E-state index is 0.118. The van der Waals surface area contributed by atoms with Crippen molar-refractivity contribution in [2.75, 3.05) is 5.32 Å². The van der Waals surface area contributed by atoms with Gasteiger partial charge in [-0.05, 0) is 38.2 Å². The van der Waals surface area contributed by atoms with E-state index >= 15 is 0 Å². The zero-order valence-corrected chi connectivity index (χ0v) is 13.9. The van der Waals surface area contributed by atoms with E-state index in [1.807, 2.05) is 0 Å². The summed E-state index contributed by atoms with van der Waals surface area (Å²) in [5.74, 6) is -0.355. The van der Waals surface area contributed by atoms with Crippen molar-refractivity contribution in [2.24, 2.45) is 0 Å². The summed E-state index contributed by atoms with van der Waals surface area (Å²) < 4.78 is 1.28. The molecule has 0 saturated heterocycles. The molecule has 1 amide bonds. The molecule has 1 aliphatic rings. The minimum atomic E-state index is -0.530. The monoisotopic (exact) mass is 345 g/mol. The summed E-state index contributed by atoms with van der Waals surface area (Å²) in [7, 11) is 0. The molecule has 0 bridgehead atoms. The number of thiophene rings is 1. The van der Waals surface area contributed by atoms with Crippen molar-refractivity contribution in [3.63, 3.8) is 0 Å². The molecule has 0 fully saturated rings. The van der Waals surface area contributed by atoms with Crippen LogP contribution in [0, 0.1) is 28.4 Å². The molecular weight excluding hydrogens is 330 g/mol. The van der Waals surface area contributed by atoms with Crippen LogP contribution in [-0.4, -0.2) is 20.6 Å². The zero-order chi connectivity index (χ0) is 17.3. The van der Waals surface area contributed by atoms with Gasteiger partial charge in [0.05, 0.1) is 10.5 Å². The summed E-state index contributed by atoms with van der Waals surface area (Å²) in [6.07, 6.45) is 5.10. The Labute approximate surface area is 141 Å². The fraction of sp³-hybridized carbons (Fsp3) is 0.400. The van der Waals surface area contributed by atoms with Crippen LogP contribution in [0.1, 0.15) is 34.5 Å². The SMILES string of the molecule is Cc1c([N+](=O)[O-])cnn1CC(=O)Nc1sc2c(c1C#N)CCCC2. The Balaban J connectivity index is 1.77. The van der Waals surface area contributed by atoms with Crippen molar-refractivity contribution < 1.29 is 9.72 Å². The second-order valence-electron chi connectivity index (χ2n) is 5.60. The van der Waals surface area contributed by atoms with Crippen molar-refractivity contribution in [3.05, 3.63) is 38.0 Å². The van der Waals surface area contributed by atoms with Gasteiger partial charge >= 0.3 is 5.69 Å². The smallest absolute Gasteiger partial charge is 0.309 e. The lowest BCUT2D eigenvalue weighted by Gasteiger charge is -2.09. The Bertz CT molecular complexity index is 861. The third-order valence-corrected chi connectivity index (χ3v) is 5.31. The van der Waals surface area contributed by atoms with Crippen molar-refractivity contribution in [3.8, 4) is 6.07 Å². The maximum atomic E-state index is 12.2. The highest BCUT2D eigenvalue weighted by molar-refractivity contribution is 7.16. The summed E-state index contributed by atoms with van der Waals surface area (Å²) >= 11 is 1.45. The molecule has 0 spiro atoms. The molecule has 3 rings (SSSR count). The molecule has 24 heavy (non-hydrogen) atoms. The molecule has 0 unspecified atom stereocenters. The van der Waals surface area contributed by atoms with Gasteiger partial charge in [0.15, 0.2) is 0 Å². The van der Waals surface area contributed by atoms with Crippen LogP contribution in [0.25, 0.3) is 0 Å². The lowest BCUT2D eigenvalue weighted by Crippen LogP contribution is -2.20. The Morgan fingerprint density at radius 1 is 1.54 bits per heavy atom. The number of nitrogens with zero attached hydrogens (tertiary/aromatic N) is 4. The second-order valence-corrected chi connectivity index (χ2v) is 6.71. The summed E-state index contributed by atoms with van der Waals surface area (Å²) in [6, 6.07) is 2.19. The molecular formula is C15H15N5O3S. The van der Waals surface area contributed by atoms with Crippen LogP contribution in [0.15, 0.2) is 6.20 Å². The predicted molar refractivity (Wildman–Crippen MR) is 87.9 cm³/mol. The Hall–Kier alpha value is -2.73. The van der Waals surface area contributed by atoms with Crippen molar-refractivity contribution >= 4 is 27.9 Å². The third kappa shape index (κ3) is 2.88. The number of fused-ring (bicyclic) bond motifs is 1. The van der Waals surface area contributed by atoms with Gasteiger partial charge in [0.1, 0.15) is 29.5 Å². The molecule has 2 aromatic rings. The average molecular weight is 345 g/mol. The molecule has 0 radical (unpaired) electrons. The molecule has 2 aromatic heterocycles. The van der Waals surface area contributed by atoms with Gasteiger partial charge in [-0.1, -0.05) is 0 Å². The second kappa shape index (κ2) is 6.41. The lowest BCUT2D eigenvalue weighted by molar-refractivity contribution is -0.385. The topological polar surface area (TPSA) is 114 Å². The number of hydrogen-bond acceptors (Lipinski definition) is 6. The number of carbonyl (C=O) groups is 1. The molecule has 0 atom stereocenters. The molecule has 0 saturated carbocycles. The number of anilines is 1. The Morgan fingerprint density at radius 2 is 2.29 bits per heavy atom. The zero-order valence-electron chi connectivity index (χ0n) is 13.0. The van der Waals surface area contributed by atoms with Gasteiger partial charge < -0.3 is 5.32 Å². The number of hydrogen-bond donors (Lipinski definition) is 1. The van der Waals surface area contributed by atoms with Crippen molar-refractivity contribution in [1.82, 2.24) is 9.78 Å².